The summed E-state index contributed by atoms with van der Waals surface area (Å²) in [6.45, 7) is 1.03. The molecule has 2 rings (SSSR count). The van der Waals surface area contributed by atoms with Gasteiger partial charge in [0.1, 0.15) is 6.61 Å². The van der Waals surface area contributed by atoms with Gasteiger partial charge in [-0.25, -0.2) is 4.98 Å². The lowest BCUT2D eigenvalue weighted by molar-refractivity contribution is 0.0246. The van der Waals surface area contributed by atoms with Crippen LogP contribution in [0, 0.1) is 0 Å². The fraction of sp³-hybridized carbons (Fsp3) is 0.444. The molecule has 0 bridgehead atoms. The molecule has 0 spiro atoms. The number of hydrogen-bond acceptors (Lipinski definition) is 4. The number of ether oxygens (including phenoxy) is 3. The van der Waals surface area contributed by atoms with Gasteiger partial charge in [0.2, 0.25) is 0 Å². The molecule has 4 heteroatoms. The van der Waals surface area contributed by atoms with Gasteiger partial charge in [0.05, 0.1) is 6.61 Å². The van der Waals surface area contributed by atoms with E-state index in [2.05, 4.69) is 4.98 Å². The first kappa shape index (κ1) is 8.31. The minimum atomic E-state index is -0.0262. The molecule has 1 unspecified atom stereocenters. The Hall–Kier alpha value is -1.29. The van der Waals surface area contributed by atoms with Gasteiger partial charge in [0.15, 0.2) is 11.9 Å². The zero-order valence-electron chi connectivity index (χ0n) is 7.40. The molecule has 70 valence electrons. The lowest BCUT2D eigenvalue weighted by atomic mass is 10.3. The lowest BCUT2D eigenvalue weighted by Gasteiger charge is -2.24. The number of pyridine rings is 1. The van der Waals surface area contributed by atoms with E-state index in [1.54, 1.807) is 13.3 Å². The number of fused-ring (bicyclic) bond motifs is 1. The molecule has 0 radical (unpaired) electrons. The molecule has 2 heterocycles. The van der Waals surface area contributed by atoms with Crippen LogP contribution in [0.4, 0.5) is 0 Å². The largest absolute Gasteiger partial charge is 0.479 e. The standard InChI is InChI=1S/C9H11NO3/c1-11-5-7-6-12-9-8(13-7)3-2-4-10-9/h2-4,7H,5-6H2,1H3. The van der Waals surface area contributed by atoms with E-state index in [4.69, 9.17) is 14.2 Å². The first-order valence-electron chi connectivity index (χ1n) is 4.13. The van der Waals surface area contributed by atoms with Gasteiger partial charge in [0.25, 0.3) is 5.88 Å². The van der Waals surface area contributed by atoms with Crippen LogP contribution in [-0.2, 0) is 4.74 Å². The van der Waals surface area contributed by atoms with Crippen LogP contribution >= 0.6 is 0 Å². The molecule has 1 aromatic heterocycles. The van der Waals surface area contributed by atoms with Gasteiger partial charge < -0.3 is 14.2 Å². The van der Waals surface area contributed by atoms with Crippen LogP contribution in [0.1, 0.15) is 0 Å². The number of hydrogen-bond donors (Lipinski definition) is 0. The highest BCUT2D eigenvalue weighted by atomic mass is 16.6. The Morgan fingerprint density at radius 1 is 1.69 bits per heavy atom. The molecule has 4 nitrogen and oxygen atoms in total. The molecular weight excluding hydrogens is 170 g/mol. The first-order valence-corrected chi connectivity index (χ1v) is 4.13. The van der Waals surface area contributed by atoms with Crippen molar-refractivity contribution in [1.82, 2.24) is 4.98 Å². The van der Waals surface area contributed by atoms with E-state index < -0.39 is 0 Å². The van der Waals surface area contributed by atoms with E-state index in [0.717, 1.165) is 0 Å². The molecule has 0 amide bonds. The predicted molar refractivity (Wildman–Crippen MR) is 46.0 cm³/mol. The van der Waals surface area contributed by atoms with E-state index in [-0.39, 0.29) is 6.10 Å². The Bertz CT molecular complexity index is 290. The van der Waals surface area contributed by atoms with E-state index in [9.17, 15) is 0 Å². The predicted octanol–water partition coefficient (Wildman–Crippen LogP) is 0.868. The van der Waals surface area contributed by atoms with Gasteiger partial charge in [-0.15, -0.1) is 0 Å². The number of nitrogens with zero attached hydrogens (tertiary/aromatic N) is 1. The maximum absolute atomic E-state index is 5.56. The van der Waals surface area contributed by atoms with Crippen molar-refractivity contribution in [2.75, 3.05) is 20.3 Å². The molecule has 1 aliphatic heterocycles. The highest BCUT2D eigenvalue weighted by Crippen LogP contribution is 2.28. The first-order chi connectivity index (χ1) is 6.40. The third-order valence-corrected chi connectivity index (χ3v) is 1.79. The summed E-state index contributed by atoms with van der Waals surface area (Å²) >= 11 is 0. The quantitative estimate of drug-likeness (QED) is 0.678. The summed E-state index contributed by atoms with van der Waals surface area (Å²) in [4.78, 5) is 4.03. The van der Waals surface area contributed by atoms with E-state index in [1.165, 1.54) is 0 Å². The second-order valence-corrected chi connectivity index (χ2v) is 2.81. The van der Waals surface area contributed by atoms with E-state index >= 15 is 0 Å². The van der Waals surface area contributed by atoms with Crippen LogP contribution < -0.4 is 9.47 Å². The molecule has 1 aliphatic rings. The fourth-order valence-corrected chi connectivity index (χ4v) is 1.23. The van der Waals surface area contributed by atoms with Gasteiger partial charge in [-0.3, -0.25) is 0 Å². The van der Waals surface area contributed by atoms with Crippen molar-refractivity contribution in [2.24, 2.45) is 0 Å². The molecule has 1 aromatic rings. The summed E-state index contributed by atoms with van der Waals surface area (Å²) in [6.07, 6.45) is 1.65. The van der Waals surface area contributed by atoms with Crippen molar-refractivity contribution in [1.29, 1.82) is 0 Å². The average molecular weight is 181 g/mol. The zero-order valence-corrected chi connectivity index (χ0v) is 7.40. The van der Waals surface area contributed by atoms with Gasteiger partial charge in [-0.05, 0) is 12.1 Å². The average Bonchev–Trinajstić information content (AvgIpc) is 2.18. The van der Waals surface area contributed by atoms with Gasteiger partial charge in [0, 0.05) is 13.3 Å². The fourth-order valence-electron chi connectivity index (χ4n) is 1.23. The summed E-state index contributed by atoms with van der Waals surface area (Å²) in [5.41, 5.74) is 0. The smallest absolute Gasteiger partial charge is 0.257 e. The van der Waals surface area contributed by atoms with Crippen molar-refractivity contribution < 1.29 is 14.2 Å². The SMILES string of the molecule is COCC1COc2ncccc2O1. The Labute approximate surface area is 76.4 Å². The molecule has 0 aromatic carbocycles. The second-order valence-electron chi connectivity index (χ2n) is 2.81. The molecule has 0 N–H and O–H groups in total. The minimum Gasteiger partial charge on any atom is -0.479 e. The summed E-state index contributed by atoms with van der Waals surface area (Å²) in [5.74, 6) is 1.26. The summed E-state index contributed by atoms with van der Waals surface area (Å²) in [7, 11) is 1.64. The third-order valence-electron chi connectivity index (χ3n) is 1.79. The van der Waals surface area contributed by atoms with Gasteiger partial charge in [-0.1, -0.05) is 0 Å². The van der Waals surface area contributed by atoms with Crippen molar-refractivity contribution in [3.05, 3.63) is 18.3 Å². The van der Waals surface area contributed by atoms with Gasteiger partial charge in [-0.2, -0.15) is 0 Å². The lowest BCUT2D eigenvalue weighted by Crippen LogP contribution is -2.33. The molecule has 0 saturated carbocycles. The summed E-state index contributed by atoms with van der Waals surface area (Å²) < 4.78 is 15.9. The maximum Gasteiger partial charge on any atom is 0.257 e. The molecule has 0 saturated heterocycles. The van der Waals surface area contributed by atoms with Gasteiger partial charge >= 0.3 is 0 Å². The van der Waals surface area contributed by atoms with Crippen LogP contribution in [0.15, 0.2) is 18.3 Å². The summed E-state index contributed by atoms with van der Waals surface area (Å²) in [5, 5.41) is 0. The Kier molecular flexibility index (Phi) is 2.31. The highest BCUT2D eigenvalue weighted by molar-refractivity contribution is 5.33. The number of rotatable bonds is 2. The molecule has 13 heavy (non-hydrogen) atoms. The minimum absolute atomic E-state index is 0.0262. The van der Waals surface area contributed by atoms with E-state index in [0.29, 0.717) is 24.8 Å². The van der Waals surface area contributed by atoms with Crippen molar-refractivity contribution in [3.8, 4) is 11.6 Å². The van der Waals surface area contributed by atoms with Crippen molar-refractivity contribution in [2.45, 2.75) is 6.10 Å². The molecule has 0 aliphatic carbocycles. The number of methoxy groups -OCH3 is 1. The van der Waals surface area contributed by atoms with Crippen molar-refractivity contribution in [3.63, 3.8) is 0 Å². The van der Waals surface area contributed by atoms with Crippen LogP contribution in [0.3, 0.4) is 0 Å². The molecule has 0 fully saturated rings. The Morgan fingerprint density at radius 2 is 2.62 bits per heavy atom. The van der Waals surface area contributed by atoms with Crippen LogP contribution in [0.25, 0.3) is 0 Å². The highest BCUT2D eigenvalue weighted by Gasteiger charge is 2.20. The maximum atomic E-state index is 5.56. The third kappa shape index (κ3) is 1.72. The Balaban J connectivity index is 2.11. The van der Waals surface area contributed by atoms with Crippen molar-refractivity contribution >= 4 is 0 Å². The molecular formula is C9H11NO3. The summed E-state index contributed by atoms with van der Waals surface area (Å²) in [6, 6.07) is 3.65. The molecule has 1 atom stereocenters. The zero-order chi connectivity index (χ0) is 9.10. The van der Waals surface area contributed by atoms with Crippen LogP contribution in [0.2, 0.25) is 0 Å². The number of aromatic nitrogens is 1. The monoisotopic (exact) mass is 181 g/mol. The van der Waals surface area contributed by atoms with E-state index in [1.807, 2.05) is 12.1 Å². The topological polar surface area (TPSA) is 40.6 Å². The Morgan fingerprint density at radius 3 is 3.46 bits per heavy atom. The van der Waals surface area contributed by atoms with Crippen LogP contribution in [0.5, 0.6) is 11.6 Å². The normalized spacial score (nSPS) is 19.9. The van der Waals surface area contributed by atoms with Crippen LogP contribution in [-0.4, -0.2) is 31.4 Å². The second kappa shape index (κ2) is 3.62.